The van der Waals surface area contributed by atoms with Crippen LogP contribution in [0.1, 0.15) is 25.0 Å². The maximum Gasteiger partial charge on any atom is 0.238 e. The smallest absolute Gasteiger partial charge is 0.238 e. The van der Waals surface area contributed by atoms with Gasteiger partial charge in [-0.25, -0.2) is 4.98 Å². The van der Waals surface area contributed by atoms with Crippen molar-refractivity contribution < 1.29 is 0 Å². The molecule has 0 aliphatic carbocycles. The van der Waals surface area contributed by atoms with Gasteiger partial charge in [0.15, 0.2) is 11.6 Å². The van der Waals surface area contributed by atoms with Crippen LogP contribution in [0.4, 0.5) is 0 Å². The number of para-hydroxylation sites is 3. The zero-order chi connectivity index (χ0) is 32.2. The fourth-order valence-electron chi connectivity index (χ4n) is 7.57. The molecule has 0 radical (unpaired) electrons. The van der Waals surface area contributed by atoms with E-state index in [2.05, 4.69) is 126 Å². The van der Waals surface area contributed by atoms with Crippen molar-refractivity contribution in [1.82, 2.24) is 24.1 Å². The molecule has 0 saturated carbocycles. The molecule has 5 heteroatoms. The summed E-state index contributed by atoms with van der Waals surface area (Å²) in [6, 6.07) is 48.7. The van der Waals surface area contributed by atoms with Gasteiger partial charge in [0.05, 0.1) is 22.1 Å². The molecule has 0 unspecified atom stereocenters. The summed E-state index contributed by atoms with van der Waals surface area (Å²) in [5, 5.41) is 5.02. The van der Waals surface area contributed by atoms with Crippen molar-refractivity contribution in [3.8, 4) is 34.4 Å². The first kappa shape index (κ1) is 28.2. The summed E-state index contributed by atoms with van der Waals surface area (Å²) < 4.78 is 4.74. The number of benzene rings is 6. The number of aromatic nitrogens is 5. The molecule has 230 valence electrons. The standard InChI is InChI=1S/C43H33N5/c1-3-31-32(4-2)38-34-25-15-17-27-36(34)48(40(38)39-37(31)33-24-14-16-26-35(33)47(39)30-22-12-7-13-23-30)43-45-41(28-18-8-5-9-19-28)44-42(46-43)29-20-10-6-11-21-29/h5-27H,3-4H2,1-2H3. The highest BCUT2D eigenvalue weighted by Crippen LogP contribution is 2.45. The molecule has 0 N–H and O–H groups in total. The number of hydrogen-bond donors (Lipinski definition) is 0. The molecule has 9 rings (SSSR count). The Morgan fingerprint density at radius 3 is 1.35 bits per heavy atom. The van der Waals surface area contributed by atoms with Crippen LogP contribution in [0, 0.1) is 0 Å². The summed E-state index contributed by atoms with van der Waals surface area (Å²) in [5.41, 5.74) is 10.4. The van der Waals surface area contributed by atoms with E-state index in [-0.39, 0.29) is 0 Å². The topological polar surface area (TPSA) is 48.5 Å². The molecule has 48 heavy (non-hydrogen) atoms. The molecule has 0 aliphatic heterocycles. The van der Waals surface area contributed by atoms with Crippen LogP contribution in [-0.2, 0) is 12.8 Å². The van der Waals surface area contributed by atoms with E-state index in [9.17, 15) is 0 Å². The number of fused-ring (bicyclic) bond motifs is 7. The van der Waals surface area contributed by atoms with Gasteiger partial charge < -0.3 is 4.57 Å². The van der Waals surface area contributed by atoms with E-state index in [0.717, 1.165) is 40.7 Å². The van der Waals surface area contributed by atoms with Crippen LogP contribution < -0.4 is 0 Å². The minimum atomic E-state index is 0.603. The molecular weight excluding hydrogens is 587 g/mol. The summed E-state index contributed by atoms with van der Waals surface area (Å²) in [6.07, 6.45) is 1.84. The number of aryl methyl sites for hydroxylation is 2. The minimum absolute atomic E-state index is 0.603. The number of hydrogen-bond acceptors (Lipinski definition) is 3. The van der Waals surface area contributed by atoms with Gasteiger partial charge in [-0.05, 0) is 48.2 Å². The first-order valence-electron chi connectivity index (χ1n) is 16.7. The third-order valence-corrected chi connectivity index (χ3v) is 9.55. The molecule has 0 amide bonds. The zero-order valence-corrected chi connectivity index (χ0v) is 26.9. The molecule has 0 fully saturated rings. The van der Waals surface area contributed by atoms with E-state index < -0.39 is 0 Å². The van der Waals surface area contributed by atoms with Gasteiger partial charge in [-0.2, -0.15) is 9.97 Å². The molecular formula is C43H33N5. The monoisotopic (exact) mass is 619 g/mol. The summed E-state index contributed by atoms with van der Waals surface area (Å²) >= 11 is 0. The molecule has 0 spiro atoms. The van der Waals surface area contributed by atoms with E-state index >= 15 is 0 Å². The highest BCUT2D eigenvalue weighted by molar-refractivity contribution is 6.26. The molecule has 0 bridgehead atoms. The Morgan fingerprint density at radius 1 is 0.438 bits per heavy atom. The summed E-state index contributed by atoms with van der Waals surface area (Å²) in [4.78, 5) is 15.6. The Balaban J connectivity index is 1.54. The van der Waals surface area contributed by atoms with Crippen LogP contribution in [0.3, 0.4) is 0 Å². The molecule has 3 heterocycles. The van der Waals surface area contributed by atoms with Gasteiger partial charge >= 0.3 is 0 Å². The Hall–Kier alpha value is -6.07. The van der Waals surface area contributed by atoms with Crippen LogP contribution in [-0.4, -0.2) is 24.1 Å². The molecule has 5 nitrogen and oxygen atoms in total. The van der Waals surface area contributed by atoms with E-state index in [4.69, 9.17) is 15.0 Å². The lowest BCUT2D eigenvalue weighted by Gasteiger charge is -2.16. The average molecular weight is 620 g/mol. The molecule has 6 aromatic carbocycles. The Morgan fingerprint density at radius 2 is 0.854 bits per heavy atom. The second-order valence-electron chi connectivity index (χ2n) is 12.2. The van der Waals surface area contributed by atoms with Crippen LogP contribution in [0.25, 0.3) is 78.0 Å². The van der Waals surface area contributed by atoms with Crippen molar-refractivity contribution in [1.29, 1.82) is 0 Å². The van der Waals surface area contributed by atoms with Gasteiger partial charge in [-0.3, -0.25) is 4.57 Å². The van der Waals surface area contributed by atoms with Crippen molar-refractivity contribution in [3.05, 3.63) is 151 Å². The van der Waals surface area contributed by atoms with E-state index in [1.807, 2.05) is 36.4 Å². The van der Waals surface area contributed by atoms with Gasteiger partial charge in [0.1, 0.15) is 0 Å². The van der Waals surface area contributed by atoms with Gasteiger partial charge in [-0.1, -0.05) is 129 Å². The molecule has 0 aliphatic rings. The third-order valence-electron chi connectivity index (χ3n) is 9.55. The third kappa shape index (κ3) is 4.21. The lowest BCUT2D eigenvalue weighted by molar-refractivity contribution is 0.952. The van der Waals surface area contributed by atoms with Gasteiger partial charge in [0.2, 0.25) is 5.95 Å². The Bertz CT molecular complexity index is 2560. The zero-order valence-electron chi connectivity index (χ0n) is 26.9. The van der Waals surface area contributed by atoms with Gasteiger partial charge in [0.25, 0.3) is 0 Å². The largest absolute Gasteiger partial charge is 0.307 e. The second-order valence-corrected chi connectivity index (χ2v) is 12.2. The van der Waals surface area contributed by atoms with Gasteiger partial charge in [0, 0.05) is 38.4 Å². The van der Waals surface area contributed by atoms with Crippen LogP contribution in [0.15, 0.2) is 140 Å². The highest BCUT2D eigenvalue weighted by Gasteiger charge is 2.27. The Kier molecular flexibility index (Phi) is 6.64. The van der Waals surface area contributed by atoms with E-state index in [1.165, 1.54) is 43.7 Å². The first-order chi connectivity index (χ1) is 23.8. The SMILES string of the molecule is CCc1c(CC)c2c3ccccc3n(-c3nc(-c4ccccc4)nc(-c4ccccc4)n3)c2c2c1c1ccccc1n2-c1ccccc1. The number of nitrogens with zero attached hydrogens (tertiary/aromatic N) is 5. The fourth-order valence-corrected chi connectivity index (χ4v) is 7.57. The lowest BCUT2D eigenvalue weighted by Crippen LogP contribution is -2.08. The van der Waals surface area contributed by atoms with Gasteiger partial charge in [-0.15, -0.1) is 0 Å². The van der Waals surface area contributed by atoms with Crippen LogP contribution in [0.2, 0.25) is 0 Å². The second kappa shape index (κ2) is 11.3. The van der Waals surface area contributed by atoms with Crippen molar-refractivity contribution in [2.45, 2.75) is 26.7 Å². The predicted molar refractivity (Wildman–Crippen MR) is 198 cm³/mol. The molecule has 0 saturated heterocycles. The van der Waals surface area contributed by atoms with E-state index in [0.29, 0.717) is 17.6 Å². The highest BCUT2D eigenvalue weighted by atomic mass is 15.2. The summed E-state index contributed by atoms with van der Waals surface area (Å²) in [7, 11) is 0. The lowest BCUT2D eigenvalue weighted by atomic mass is 9.92. The normalized spacial score (nSPS) is 11.7. The van der Waals surface area contributed by atoms with Crippen molar-refractivity contribution in [2.75, 3.05) is 0 Å². The molecule has 3 aromatic heterocycles. The van der Waals surface area contributed by atoms with Crippen molar-refractivity contribution >= 4 is 43.6 Å². The summed E-state index contributed by atoms with van der Waals surface area (Å²) in [6.45, 7) is 4.57. The first-order valence-corrected chi connectivity index (χ1v) is 16.7. The van der Waals surface area contributed by atoms with Crippen molar-refractivity contribution in [2.24, 2.45) is 0 Å². The molecule has 0 atom stereocenters. The maximum atomic E-state index is 5.26. The fraction of sp³-hybridized carbons (Fsp3) is 0.0930. The van der Waals surface area contributed by atoms with Crippen LogP contribution in [0.5, 0.6) is 0 Å². The van der Waals surface area contributed by atoms with Crippen molar-refractivity contribution in [3.63, 3.8) is 0 Å². The number of rotatable bonds is 6. The maximum absolute atomic E-state index is 5.26. The predicted octanol–water partition coefficient (Wildman–Crippen LogP) is 10.5. The van der Waals surface area contributed by atoms with E-state index in [1.54, 1.807) is 0 Å². The average Bonchev–Trinajstić information content (AvgIpc) is 3.69. The minimum Gasteiger partial charge on any atom is -0.307 e. The summed E-state index contributed by atoms with van der Waals surface area (Å²) in [5.74, 6) is 1.89. The Labute approximate surface area is 278 Å². The molecule has 9 aromatic rings. The quantitative estimate of drug-likeness (QED) is 0.186. The van der Waals surface area contributed by atoms with Crippen LogP contribution >= 0.6 is 0 Å².